The number of ether oxygens (including phenoxy) is 1. The molecule has 1 aromatic heterocycles. The summed E-state index contributed by atoms with van der Waals surface area (Å²) >= 11 is 6.23. The summed E-state index contributed by atoms with van der Waals surface area (Å²) in [6.45, 7) is 2.14. The van der Waals surface area contributed by atoms with Gasteiger partial charge in [-0.2, -0.15) is 0 Å². The Hall–Kier alpha value is -2.11. The highest BCUT2D eigenvalue weighted by molar-refractivity contribution is 6.31. The molecular formula is C18H20ClN3O2. The highest BCUT2D eigenvalue weighted by Gasteiger charge is 2.26. The maximum atomic E-state index is 12.4. The van der Waals surface area contributed by atoms with Crippen LogP contribution in [-0.4, -0.2) is 42.2 Å². The molecule has 1 N–H and O–H groups in total. The number of benzene rings is 1. The third kappa shape index (κ3) is 4.24. The SMILES string of the molecule is O=C(NCCc1ccccn1)N1CCOC(c2ccccc2Cl)C1. The van der Waals surface area contributed by atoms with Crippen LogP contribution >= 0.6 is 11.6 Å². The number of hydrogen-bond acceptors (Lipinski definition) is 3. The Morgan fingerprint density at radius 2 is 2.12 bits per heavy atom. The van der Waals surface area contributed by atoms with Gasteiger partial charge in [-0.3, -0.25) is 4.98 Å². The molecule has 2 aromatic rings. The summed E-state index contributed by atoms with van der Waals surface area (Å²) < 4.78 is 5.78. The lowest BCUT2D eigenvalue weighted by Crippen LogP contribution is -2.47. The van der Waals surface area contributed by atoms with Crippen molar-refractivity contribution in [1.82, 2.24) is 15.2 Å². The second-order valence-electron chi connectivity index (χ2n) is 5.63. The van der Waals surface area contributed by atoms with Crippen LogP contribution in [0, 0.1) is 0 Å². The number of rotatable bonds is 4. The molecule has 2 amide bonds. The number of pyridine rings is 1. The molecule has 1 saturated heterocycles. The number of hydrogen-bond donors (Lipinski definition) is 1. The van der Waals surface area contributed by atoms with Gasteiger partial charge in [-0.15, -0.1) is 0 Å². The van der Waals surface area contributed by atoms with Gasteiger partial charge in [-0.25, -0.2) is 4.79 Å². The van der Waals surface area contributed by atoms with Crippen molar-refractivity contribution in [2.45, 2.75) is 12.5 Å². The minimum Gasteiger partial charge on any atom is -0.370 e. The Morgan fingerprint density at radius 1 is 1.29 bits per heavy atom. The number of carbonyl (C=O) groups is 1. The first-order valence-corrected chi connectivity index (χ1v) is 8.40. The number of morpholine rings is 1. The second kappa shape index (κ2) is 8.13. The first-order valence-electron chi connectivity index (χ1n) is 8.03. The summed E-state index contributed by atoms with van der Waals surface area (Å²) in [5, 5.41) is 3.61. The predicted molar refractivity (Wildman–Crippen MR) is 93.1 cm³/mol. The fourth-order valence-electron chi connectivity index (χ4n) is 2.71. The highest BCUT2D eigenvalue weighted by atomic mass is 35.5. The minimum absolute atomic E-state index is 0.0775. The van der Waals surface area contributed by atoms with Crippen LogP contribution in [0.3, 0.4) is 0 Å². The molecule has 1 aromatic carbocycles. The number of urea groups is 1. The third-order valence-corrected chi connectivity index (χ3v) is 4.33. The van der Waals surface area contributed by atoms with Crippen LogP contribution in [0.25, 0.3) is 0 Å². The van der Waals surface area contributed by atoms with Gasteiger partial charge < -0.3 is 15.0 Å². The van der Waals surface area contributed by atoms with E-state index in [4.69, 9.17) is 16.3 Å². The van der Waals surface area contributed by atoms with Gasteiger partial charge >= 0.3 is 6.03 Å². The quantitative estimate of drug-likeness (QED) is 0.926. The molecule has 1 unspecified atom stereocenters. The largest absolute Gasteiger partial charge is 0.370 e. The van der Waals surface area contributed by atoms with Crippen LogP contribution in [-0.2, 0) is 11.2 Å². The van der Waals surface area contributed by atoms with E-state index in [1.807, 2.05) is 42.5 Å². The Kier molecular flexibility index (Phi) is 5.67. The number of nitrogens with one attached hydrogen (secondary N) is 1. The molecule has 126 valence electrons. The number of nitrogens with zero attached hydrogens (tertiary/aromatic N) is 2. The summed E-state index contributed by atoms with van der Waals surface area (Å²) in [4.78, 5) is 18.4. The zero-order valence-electron chi connectivity index (χ0n) is 13.3. The van der Waals surface area contributed by atoms with Crippen LogP contribution in [0.5, 0.6) is 0 Å². The van der Waals surface area contributed by atoms with E-state index < -0.39 is 0 Å². The topological polar surface area (TPSA) is 54.5 Å². The van der Waals surface area contributed by atoms with Crippen LogP contribution in [0.1, 0.15) is 17.4 Å². The van der Waals surface area contributed by atoms with Gasteiger partial charge in [0.05, 0.1) is 13.2 Å². The molecule has 2 heterocycles. The van der Waals surface area contributed by atoms with Gasteiger partial charge in [0.1, 0.15) is 6.10 Å². The summed E-state index contributed by atoms with van der Waals surface area (Å²) in [6.07, 6.45) is 2.28. The fourth-order valence-corrected chi connectivity index (χ4v) is 2.97. The van der Waals surface area contributed by atoms with Gasteiger partial charge in [0.15, 0.2) is 0 Å². The summed E-state index contributed by atoms with van der Waals surface area (Å²) in [5.41, 5.74) is 1.89. The van der Waals surface area contributed by atoms with Gasteiger partial charge in [-0.1, -0.05) is 35.9 Å². The van der Waals surface area contributed by atoms with Gasteiger partial charge in [0.25, 0.3) is 0 Å². The van der Waals surface area contributed by atoms with Crippen molar-refractivity contribution in [3.8, 4) is 0 Å². The molecule has 0 bridgehead atoms. The average Bonchev–Trinajstić information content (AvgIpc) is 2.63. The molecule has 0 saturated carbocycles. The molecule has 5 nitrogen and oxygen atoms in total. The average molecular weight is 346 g/mol. The normalized spacial score (nSPS) is 17.5. The van der Waals surface area contributed by atoms with Crippen molar-refractivity contribution in [1.29, 1.82) is 0 Å². The van der Waals surface area contributed by atoms with Gasteiger partial charge in [0, 0.05) is 42.0 Å². The molecule has 1 aliphatic rings. The third-order valence-electron chi connectivity index (χ3n) is 3.99. The molecule has 1 fully saturated rings. The van der Waals surface area contributed by atoms with Gasteiger partial charge in [0.2, 0.25) is 0 Å². The van der Waals surface area contributed by atoms with Gasteiger partial charge in [-0.05, 0) is 18.2 Å². The summed E-state index contributed by atoms with van der Waals surface area (Å²) in [5.74, 6) is 0. The lowest BCUT2D eigenvalue weighted by Gasteiger charge is -2.33. The Bertz CT molecular complexity index is 681. The van der Waals surface area contributed by atoms with Crippen LogP contribution in [0.2, 0.25) is 5.02 Å². The molecule has 1 aliphatic heterocycles. The fraction of sp³-hybridized carbons (Fsp3) is 0.333. The van der Waals surface area contributed by atoms with Crippen molar-refractivity contribution < 1.29 is 9.53 Å². The van der Waals surface area contributed by atoms with Crippen molar-refractivity contribution in [2.24, 2.45) is 0 Å². The standard InChI is InChI=1S/C18H20ClN3O2/c19-16-7-2-1-6-15(16)17-13-22(11-12-24-17)18(23)21-10-8-14-5-3-4-9-20-14/h1-7,9,17H,8,10-13H2,(H,21,23). The monoisotopic (exact) mass is 345 g/mol. The maximum Gasteiger partial charge on any atom is 0.317 e. The van der Waals surface area contributed by atoms with Crippen molar-refractivity contribution in [3.05, 3.63) is 64.9 Å². The van der Waals surface area contributed by atoms with Crippen LogP contribution in [0.4, 0.5) is 4.79 Å². The lowest BCUT2D eigenvalue weighted by molar-refractivity contribution is -0.0153. The predicted octanol–water partition coefficient (Wildman–Crippen LogP) is 3.06. The van der Waals surface area contributed by atoms with E-state index in [0.717, 1.165) is 11.3 Å². The van der Waals surface area contributed by atoms with Crippen molar-refractivity contribution >= 4 is 17.6 Å². The van der Waals surface area contributed by atoms with E-state index in [0.29, 0.717) is 37.7 Å². The maximum absolute atomic E-state index is 12.4. The number of halogens is 1. The zero-order chi connectivity index (χ0) is 16.8. The van der Waals surface area contributed by atoms with Crippen LogP contribution in [0.15, 0.2) is 48.7 Å². The molecule has 3 rings (SSSR count). The van der Waals surface area contributed by atoms with Crippen LogP contribution < -0.4 is 5.32 Å². The zero-order valence-corrected chi connectivity index (χ0v) is 14.1. The molecule has 0 spiro atoms. The van der Waals surface area contributed by atoms with Crippen molar-refractivity contribution in [2.75, 3.05) is 26.2 Å². The highest BCUT2D eigenvalue weighted by Crippen LogP contribution is 2.28. The minimum atomic E-state index is -0.186. The number of amides is 2. The van der Waals surface area contributed by atoms with Crippen molar-refractivity contribution in [3.63, 3.8) is 0 Å². The summed E-state index contributed by atoms with van der Waals surface area (Å²) in [7, 11) is 0. The molecule has 0 radical (unpaired) electrons. The van der Waals surface area contributed by atoms with E-state index in [1.54, 1.807) is 11.1 Å². The first-order chi connectivity index (χ1) is 11.7. The van der Waals surface area contributed by atoms with E-state index in [1.165, 1.54) is 0 Å². The number of aromatic nitrogens is 1. The molecule has 0 aliphatic carbocycles. The Balaban J connectivity index is 1.52. The first kappa shape index (κ1) is 16.7. The lowest BCUT2D eigenvalue weighted by atomic mass is 10.1. The number of carbonyl (C=O) groups excluding carboxylic acids is 1. The smallest absolute Gasteiger partial charge is 0.317 e. The molecule has 24 heavy (non-hydrogen) atoms. The Labute approximate surface area is 146 Å². The van der Waals surface area contributed by atoms with E-state index in [-0.39, 0.29) is 12.1 Å². The second-order valence-corrected chi connectivity index (χ2v) is 6.04. The van der Waals surface area contributed by atoms with E-state index in [2.05, 4.69) is 10.3 Å². The molecular weight excluding hydrogens is 326 g/mol. The molecule has 1 atom stereocenters. The summed E-state index contributed by atoms with van der Waals surface area (Å²) in [6, 6.07) is 13.3. The van der Waals surface area contributed by atoms with E-state index in [9.17, 15) is 4.79 Å². The Morgan fingerprint density at radius 3 is 2.92 bits per heavy atom. The van der Waals surface area contributed by atoms with E-state index >= 15 is 0 Å². The molecule has 6 heteroatoms.